The van der Waals surface area contributed by atoms with Crippen LogP contribution in [0.3, 0.4) is 0 Å². The van der Waals surface area contributed by atoms with Gasteiger partial charge in [0.15, 0.2) is 0 Å². The number of nitrogens with zero attached hydrogens (tertiary/aromatic N) is 1. The molecule has 1 aromatic heterocycles. The number of hydrogen-bond acceptors (Lipinski definition) is 3. The van der Waals surface area contributed by atoms with Crippen LogP contribution in [0.1, 0.15) is 29.6 Å². The number of pyridine rings is 1. The van der Waals surface area contributed by atoms with Crippen LogP contribution in [-0.2, 0) is 4.79 Å². The molecule has 1 heterocycles. The van der Waals surface area contributed by atoms with Crippen molar-refractivity contribution in [1.29, 1.82) is 0 Å². The largest absolute Gasteiger partial charge is 0.480 e. The van der Waals surface area contributed by atoms with E-state index >= 15 is 0 Å². The molecule has 6 heteroatoms. The maximum Gasteiger partial charge on any atom is 0.329 e. The highest BCUT2D eigenvalue weighted by atomic mass is 35.5. The highest BCUT2D eigenvalue weighted by Gasteiger charge is 2.45. The Kier molecular flexibility index (Phi) is 3.02. The van der Waals surface area contributed by atoms with Crippen molar-refractivity contribution in [3.63, 3.8) is 0 Å². The van der Waals surface area contributed by atoms with Crippen LogP contribution in [0.4, 0.5) is 0 Å². The third-order valence-electron chi connectivity index (χ3n) is 2.99. The van der Waals surface area contributed by atoms with Crippen LogP contribution in [0.2, 0.25) is 5.02 Å². The number of halogens is 1. The summed E-state index contributed by atoms with van der Waals surface area (Å²) < 4.78 is 0. The summed E-state index contributed by atoms with van der Waals surface area (Å²) in [6.45, 7) is 0. The predicted octanol–water partition coefficient (Wildman–Crippen LogP) is 1.47. The summed E-state index contributed by atoms with van der Waals surface area (Å²) in [4.78, 5) is 26.8. The molecule has 1 fully saturated rings. The highest BCUT2D eigenvalue weighted by molar-refractivity contribution is 6.33. The van der Waals surface area contributed by atoms with Gasteiger partial charge in [0.05, 0.1) is 10.6 Å². The molecule has 0 unspecified atom stereocenters. The van der Waals surface area contributed by atoms with E-state index in [-0.39, 0.29) is 10.6 Å². The van der Waals surface area contributed by atoms with Crippen LogP contribution >= 0.6 is 11.6 Å². The molecule has 0 radical (unpaired) electrons. The first-order valence-corrected chi connectivity index (χ1v) is 5.58. The van der Waals surface area contributed by atoms with Crippen LogP contribution in [0.25, 0.3) is 0 Å². The van der Waals surface area contributed by atoms with Crippen molar-refractivity contribution in [1.82, 2.24) is 10.3 Å². The number of aliphatic carboxylic acids is 1. The molecule has 0 atom stereocenters. The van der Waals surface area contributed by atoms with Gasteiger partial charge in [-0.25, -0.2) is 4.79 Å². The van der Waals surface area contributed by atoms with E-state index in [1.807, 2.05) is 0 Å². The number of carbonyl (C=O) groups excluding carboxylic acids is 1. The zero-order chi connectivity index (χ0) is 12.5. The number of carboxylic acids is 1. The van der Waals surface area contributed by atoms with Gasteiger partial charge >= 0.3 is 5.97 Å². The minimum Gasteiger partial charge on any atom is -0.480 e. The van der Waals surface area contributed by atoms with Gasteiger partial charge in [-0.05, 0) is 25.3 Å². The fourth-order valence-electron chi connectivity index (χ4n) is 1.77. The predicted molar refractivity (Wildman–Crippen MR) is 60.9 cm³/mol. The SMILES string of the molecule is O=C(NC1(C(=O)O)CCC1)c1ccncc1Cl. The molecule has 1 saturated carbocycles. The van der Waals surface area contributed by atoms with Crippen LogP contribution in [0.5, 0.6) is 0 Å². The Labute approximate surface area is 103 Å². The Balaban J connectivity index is 2.17. The molecular formula is C11H11ClN2O3. The summed E-state index contributed by atoms with van der Waals surface area (Å²) in [7, 11) is 0. The smallest absolute Gasteiger partial charge is 0.329 e. The van der Waals surface area contributed by atoms with Gasteiger partial charge < -0.3 is 10.4 Å². The molecule has 0 saturated heterocycles. The lowest BCUT2D eigenvalue weighted by atomic mass is 9.76. The van der Waals surface area contributed by atoms with Gasteiger partial charge in [-0.1, -0.05) is 11.6 Å². The first-order chi connectivity index (χ1) is 8.05. The summed E-state index contributed by atoms with van der Waals surface area (Å²) in [5.41, 5.74) is -0.877. The van der Waals surface area contributed by atoms with Gasteiger partial charge in [0.1, 0.15) is 5.54 Å². The molecular weight excluding hydrogens is 244 g/mol. The van der Waals surface area contributed by atoms with Crippen molar-refractivity contribution >= 4 is 23.5 Å². The Morgan fingerprint density at radius 1 is 1.47 bits per heavy atom. The number of amides is 1. The average Bonchev–Trinajstić information content (AvgIpc) is 2.23. The van der Waals surface area contributed by atoms with Crippen LogP contribution < -0.4 is 5.32 Å². The van der Waals surface area contributed by atoms with Gasteiger partial charge in [-0.2, -0.15) is 0 Å². The summed E-state index contributed by atoms with van der Waals surface area (Å²) in [6, 6.07) is 1.46. The normalized spacial score (nSPS) is 17.0. The number of aromatic nitrogens is 1. The lowest BCUT2D eigenvalue weighted by Gasteiger charge is -2.38. The third-order valence-corrected chi connectivity index (χ3v) is 3.29. The van der Waals surface area contributed by atoms with Gasteiger partial charge in [-0.3, -0.25) is 9.78 Å². The monoisotopic (exact) mass is 254 g/mol. The Bertz CT molecular complexity index is 472. The van der Waals surface area contributed by atoms with E-state index in [1.54, 1.807) is 0 Å². The lowest BCUT2D eigenvalue weighted by Crippen LogP contribution is -2.59. The molecule has 1 amide bonds. The van der Waals surface area contributed by atoms with Crippen molar-refractivity contribution in [2.45, 2.75) is 24.8 Å². The van der Waals surface area contributed by atoms with E-state index < -0.39 is 17.4 Å². The minimum absolute atomic E-state index is 0.213. The maximum absolute atomic E-state index is 11.9. The molecule has 0 aliphatic heterocycles. The maximum atomic E-state index is 11.9. The van der Waals surface area contributed by atoms with Gasteiger partial charge in [-0.15, -0.1) is 0 Å². The Hall–Kier alpha value is -1.62. The van der Waals surface area contributed by atoms with E-state index in [0.717, 1.165) is 6.42 Å². The molecule has 17 heavy (non-hydrogen) atoms. The highest BCUT2D eigenvalue weighted by Crippen LogP contribution is 2.32. The topological polar surface area (TPSA) is 79.3 Å². The molecule has 2 N–H and O–H groups in total. The molecule has 1 aromatic rings. The molecule has 90 valence electrons. The molecule has 0 spiro atoms. The molecule has 1 aliphatic carbocycles. The number of carbonyl (C=O) groups is 2. The quantitative estimate of drug-likeness (QED) is 0.856. The van der Waals surface area contributed by atoms with E-state index in [9.17, 15) is 9.59 Å². The zero-order valence-electron chi connectivity index (χ0n) is 8.94. The molecule has 2 rings (SSSR count). The minimum atomic E-state index is -1.12. The number of nitrogens with one attached hydrogen (secondary N) is 1. The van der Waals surface area contributed by atoms with Crippen molar-refractivity contribution < 1.29 is 14.7 Å². The summed E-state index contributed by atoms with van der Waals surface area (Å²) in [6.07, 6.45) is 4.50. The van der Waals surface area contributed by atoms with Crippen molar-refractivity contribution in [2.75, 3.05) is 0 Å². The Morgan fingerprint density at radius 2 is 2.18 bits per heavy atom. The van der Waals surface area contributed by atoms with E-state index in [1.165, 1.54) is 18.5 Å². The Morgan fingerprint density at radius 3 is 2.65 bits per heavy atom. The number of carboxylic acid groups (broad SMARTS) is 1. The van der Waals surface area contributed by atoms with Gasteiger partial charge in [0.2, 0.25) is 0 Å². The number of rotatable bonds is 3. The zero-order valence-corrected chi connectivity index (χ0v) is 9.70. The van der Waals surface area contributed by atoms with Crippen LogP contribution in [0, 0.1) is 0 Å². The molecule has 5 nitrogen and oxygen atoms in total. The second-order valence-electron chi connectivity index (χ2n) is 4.05. The fourth-order valence-corrected chi connectivity index (χ4v) is 1.97. The second-order valence-corrected chi connectivity index (χ2v) is 4.46. The van der Waals surface area contributed by atoms with E-state index in [0.29, 0.717) is 12.8 Å². The average molecular weight is 255 g/mol. The van der Waals surface area contributed by atoms with Crippen LogP contribution in [0.15, 0.2) is 18.5 Å². The summed E-state index contributed by atoms with van der Waals surface area (Å²) in [5, 5.41) is 11.8. The van der Waals surface area contributed by atoms with E-state index in [4.69, 9.17) is 16.7 Å². The standard InChI is InChI=1S/C11H11ClN2O3/c12-8-6-13-5-2-7(8)9(15)14-11(10(16)17)3-1-4-11/h2,5-6H,1,3-4H2,(H,14,15)(H,16,17). The fraction of sp³-hybridized carbons (Fsp3) is 0.364. The number of hydrogen-bond donors (Lipinski definition) is 2. The van der Waals surface area contributed by atoms with Gasteiger partial charge in [0.25, 0.3) is 5.91 Å². The molecule has 0 bridgehead atoms. The van der Waals surface area contributed by atoms with Gasteiger partial charge in [0, 0.05) is 12.4 Å². The van der Waals surface area contributed by atoms with Crippen LogP contribution in [-0.4, -0.2) is 27.5 Å². The van der Waals surface area contributed by atoms with Crippen molar-refractivity contribution in [3.8, 4) is 0 Å². The first kappa shape index (κ1) is 11.9. The van der Waals surface area contributed by atoms with E-state index in [2.05, 4.69) is 10.3 Å². The third kappa shape index (κ3) is 2.10. The summed E-state index contributed by atoms with van der Waals surface area (Å²) in [5.74, 6) is -1.47. The second kappa shape index (κ2) is 4.33. The lowest BCUT2D eigenvalue weighted by molar-refractivity contribution is -0.148. The van der Waals surface area contributed by atoms with Crippen molar-refractivity contribution in [3.05, 3.63) is 29.0 Å². The summed E-state index contributed by atoms with van der Waals surface area (Å²) >= 11 is 5.82. The molecule has 0 aromatic carbocycles. The van der Waals surface area contributed by atoms with Crippen molar-refractivity contribution in [2.24, 2.45) is 0 Å². The first-order valence-electron chi connectivity index (χ1n) is 5.21. The molecule has 1 aliphatic rings.